The smallest absolute Gasteiger partial charge is 0.432 e. The second-order valence-electron chi connectivity index (χ2n) is 30.6. The SMILES string of the molecule is C=C[Si](C)(C)c1ccc(C(=O)OOC(=O)OCCC(COC(=O)OOC(=O)c2ccc([Si](C)(C)C=C)cc2)C(COC(=O)OOC(=O)c2ccc([Si](C)(C)C=C)cc2)C(COC(=O)OOC(=O)c2ccc([Si](C)(C)C=C)cc2)C(CCOC(=O)OOC(=O)c2ccc([Si](C)(C)C=C)cc2)COC(=O)OOC(=O)c2ccc([Si](C)(C)C=C)cc2)cc1. The molecule has 0 aliphatic carbocycles. The number of hydrogen-bond acceptors (Lipinski definition) is 30. The zero-order chi connectivity index (χ0) is 88.8. The second-order valence-corrected chi connectivity index (χ2v) is 57.2. The number of carbonyl (C=O) groups is 12. The molecule has 0 aliphatic heterocycles. The van der Waals surface area contributed by atoms with Crippen LogP contribution in [-0.4, -0.2) is 161 Å². The van der Waals surface area contributed by atoms with Gasteiger partial charge in [-0.05, 0) is 85.6 Å². The van der Waals surface area contributed by atoms with Gasteiger partial charge in [0.25, 0.3) is 0 Å². The van der Waals surface area contributed by atoms with Crippen LogP contribution in [0.5, 0.6) is 0 Å². The van der Waals surface area contributed by atoms with Crippen molar-refractivity contribution in [3.63, 3.8) is 0 Å². The standard InChI is InChI=1S/C84H98O30Si6/c1-19-115(7,8)65-37-25-57(26-38-65)73(85)103-109-79(91)97-51-49-63(53-99-81(93)111-105-75(87)59-29-41-67(42-30-59)117(11,12)21-3)71(55-101-83(95)113-107-77(89)61-33-45-69(46-34-61)119(15,16)23-5)72(56-102-84(96)114-108-78(90)62-35-47-70(48-36-62)120(17,18)24-6)64(54-100-82(94)112-106-76(88)60-31-43-68(44-32-60)118(13,14)22-4)50-52-98-80(92)110-104-74(86)58-27-39-66(40-28-58)116(9,10)20-2/h19-48,63-64,71-72H,1-6,49-56H2,7-18H3. The zero-order valence-corrected chi connectivity index (χ0v) is 74.8. The van der Waals surface area contributed by atoms with Gasteiger partial charge in [-0.25, -0.2) is 87.4 Å². The van der Waals surface area contributed by atoms with Crippen LogP contribution in [0.4, 0.5) is 28.8 Å². The summed E-state index contributed by atoms with van der Waals surface area (Å²) in [4.78, 5) is 221. The molecule has 0 N–H and O–H groups in total. The van der Waals surface area contributed by atoms with Gasteiger partial charge in [0.15, 0.2) is 0 Å². The molecule has 0 saturated carbocycles. The number of rotatable bonds is 35. The Kier molecular flexibility index (Phi) is 35.6. The lowest BCUT2D eigenvalue weighted by molar-refractivity contribution is -0.212. The van der Waals surface area contributed by atoms with Gasteiger partial charge in [0, 0.05) is 23.7 Å². The Labute approximate surface area is 700 Å². The van der Waals surface area contributed by atoms with Crippen molar-refractivity contribution in [3.8, 4) is 0 Å². The molecule has 4 unspecified atom stereocenters. The second kappa shape index (κ2) is 44.3. The highest BCUT2D eigenvalue weighted by Crippen LogP contribution is 2.35. The van der Waals surface area contributed by atoms with Gasteiger partial charge in [-0.2, -0.15) is 28.8 Å². The van der Waals surface area contributed by atoms with Gasteiger partial charge in [-0.15, -0.1) is 39.5 Å². The predicted molar refractivity (Wildman–Crippen MR) is 453 cm³/mol. The highest BCUT2D eigenvalue weighted by atomic mass is 28.3. The van der Waals surface area contributed by atoms with Crippen molar-refractivity contribution in [2.24, 2.45) is 23.7 Å². The minimum absolute atomic E-state index is 0.0439. The van der Waals surface area contributed by atoms with Crippen LogP contribution >= 0.6 is 0 Å². The van der Waals surface area contributed by atoms with Crippen molar-refractivity contribution in [3.05, 3.63) is 253 Å². The first-order chi connectivity index (χ1) is 56.6. The molecular weight excluding hydrogens is 1660 g/mol. The van der Waals surface area contributed by atoms with Crippen LogP contribution in [0.1, 0.15) is 75.0 Å². The van der Waals surface area contributed by atoms with Crippen LogP contribution in [0.15, 0.2) is 219 Å². The quantitative estimate of drug-likeness (QED) is 0.0117. The summed E-state index contributed by atoms with van der Waals surface area (Å²) in [7, 11) is -12.7. The Balaban J connectivity index is 1.44. The molecule has 4 atom stereocenters. The van der Waals surface area contributed by atoms with E-state index in [0.717, 1.165) is 31.1 Å². The molecule has 0 bridgehead atoms. The van der Waals surface area contributed by atoms with E-state index in [0.29, 0.717) is 0 Å². The zero-order valence-electron chi connectivity index (χ0n) is 68.8. The Morgan fingerprint density at radius 1 is 0.233 bits per heavy atom. The van der Waals surface area contributed by atoms with Crippen LogP contribution in [-0.2, 0) is 87.1 Å². The van der Waals surface area contributed by atoms with Gasteiger partial charge >= 0.3 is 72.7 Å². The summed E-state index contributed by atoms with van der Waals surface area (Å²) < 4.78 is 33.2. The van der Waals surface area contributed by atoms with E-state index in [9.17, 15) is 57.5 Å². The minimum Gasteiger partial charge on any atom is -0.432 e. The molecule has 0 amide bonds. The van der Waals surface area contributed by atoms with Gasteiger partial charge < -0.3 is 28.4 Å². The van der Waals surface area contributed by atoms with E-state index >= 15 is 0 Å². The molecule has 36 heteroatoms. The van der Waals surface area contributed by atoms with Gasteiger partial charge in [0.1, 0.15) is 48.4 Å². The Bertz CT molecular complexity index is 4380. The summed E-state index contributed by atoms with van der Waals surface area (Å²) in [6, 6.07) is 37.0. The fraction of sp³-hybridized carbons (Fsp3) is 0.286. The lowest BCUT2D eigenvalue weighted by Gasteiger charge is -2.36. The van der Waals surface area contributed by atoms with Crippen LogP contribution < -0.4 is 31.1 Å². The molecule has 6 aromatic rings. The van der Waals surface area contributed by atoms with Gasteiger partial charge in [-0.3, -0.25) is 0 Å². The summed E-state index contributed by atoms with van der Waals surface area (Å²) in [6.45, 7) is 41.6. The van der Waals surface area contributed by atoms with E-state index < -0.39 is 197 Å². The third-order valence-electron chi connectivity index (χ3n) is 20.2. The van der Waals surface area contributed by atoms with Crippen molar-refractivity contribution >= 4 is 152 Å². The number of carbonyl (C=O) groups excluding carboxylic acids is 12. The molecule has 0 saturated heterocycles. The molecule has 0 spiro atoms. The summed E-state index contributed by atoms with van der Waals surface area (Å²) in [5.74, 6) is -13.6. The van der Waals surface area contributed by atoms with Crippen LogP contribution in [0.25, 0.3) is 0 Å². The largest absolute Gasteiger partial charge is 0.549 e. The van der Waals surface area contributed by atoms with Gasteiger partial charge in [0.2, 0.25) is 0 Å². The van der Waals surface area contributed by atoms with Crippen molar-refractivity contribution in [2.45, 2.75) is 91.4 Å². The number of hydrogen-bond donors (Lipinski definition) is 0. The lowest BCUT2D eigenvalue weighted by Crippen LogP contribution is -2.41. The number of ether oxygens (including phenoxy) is 6. The molecule has 0 fully saturated rings. The Morgan fingerprint density at radius 2 is 0.383 bits per heavy atom. The highest BCUT2D eigenvalue weighted by Gasteiger charge is 2.41. The van der Waals surface area contributed by atoms with E-state index in [2.05, 4.69) is 39.5 Å². The monoisotopic (exact) mass is 1750 g/mol. The molecule has 6 rings (SSSR count). The summed E-state index contributed by atoms with van der Waals surface area (Å²) in [5, 5.41) is 5.33. The van der Waals surface area contributed by atoms with Crippen LogP contribution in [0, 0.1) is 23.7 Å². The first kappa shape index (κ1) is 96.3. The predicted octanol–water partition coefficient (Wildman–Crippen LogP) is 13.6. The fourth-order valence-electron chi connectivity index (χ4n) is 11.1. The third-order valence-corrected chi connectivity index (χ3v) is 37.2. The van der Waals surface area contributed by atoms with E-state index in [1.54, 1.807) is 72.8 Å². The summed E-state index contributed by atoms with van der Waals surface area (Å²) >= 11 is 0. The maximum atomic E-state index is 14.0. The molecule has 30 nitrogen and oxygen atoms in total. The average molecular weight is 1760 g/mol. The maximum absolute atomic E-state index is 14.0. The van der Waals surface area contributed by atoms with E-state index in [4.69, 9.17) is 87.1 Å². The van der Waals surface area contributed by atoms with Gasteiger partial charge in [-0.1, -0.05) is 217 Å². The topological polar surface area (TPSA) is 371 Å². The lowest BCUT2D eigenvalue weighted by atomic mass is 9.74. The molecule has 0 radical (unpaired) electrons. The molecule has 120 heavy (non-hydrogen) atoms. The van der Waals surface area contributed by atoms with Crippen molar-refractivity contribution in [2.75, 3.05) is 39.6 Å². The van der Waals surface area contributed by atoms with Crippen molar-refractivity contribution < 1.29 is 145 Å². The van der Waals surface area contributed by atoms with Crippen LogP contribution in [0.3, 0.4) is 0 Å². The fourth-order valence-corrected chi connectivity index (χ4v) is 18.7. The molecule has 0 aromatic heterocycles. The number of benzene rings is 6. The van der Waals surface area contributed by atoms with Crippen molar-refractivity contribution in [1.29, 1.82) is 0 Å². The van der Waals surface area contributed by atoms with Crippen LogP contribution in [0.2, 0.25) is 78.6 Å². The third kappa shape index (κ3) is 28.9. The molecular formula is C84H98O30Si6. The van der Waals surface area contributed by atoms with E-state index in [-0.39, 0.29) is 33.4 Å². The van der Waals surface area contributed by atoms with Crippen molar-refractivity contribution in [1.82, 2.24) is 0 Å². The normalized spacial score (nSPS) is 12.4. The first-order valence-electron chi connectivity index (χ1n) is 37.4. The molecule has 0 aliphatic rings. The first-order valence-corrected chi connectivity index (χ1v) is 55.9. The summed E-state index contributed by atoms with van der Waals surface area (Å²) in [5.41, 5.74) is 10.5. The maximum Gasteiger partial charge on any atom is 0.549 e. The van der Waals surface area contributed by atoms with Gasteiger partial charge in [0.05, 0.1) is 73.0 Å². The molecule has 0 heterocycles. The Hall–Kier alpha value is -12.5. The average Bonchev–Trinajstić information content (AvgIpc) is 1.50. The molecule has 6 aromatic carbocycles. The minimum atomic E-state index is -2.15. The summed E-state index contributed by atoms with van der Waals surface area (Å²) in [6.07, 6.45) is -11.6. The van der Waals surface area contributed by atoms with E-state index in [1.165, 1.54) is 72.8 Å². The molecule has 638 valence electrons. The Morgan fingerprint density at radius 3 is 0.542 bits per heavy atom. The highest BCUT2D eigenvalue weighted by molar-refractivity contribution is 6.96. The van der Waals surface area contributed by atoms with E-state index in [1.807, 2.05) is 113 Å².